The van der Waals surface area contributed by atoms with Crippen molar-refractivity contribution in [3.8, 4) is 5.75 Å². The molecule has 0 N–H and O–H groups in total. The van der Waals surface area contributed by atoms with E-state index in [-0.39, 0.29) is 11.6 Å². The van der Waals surface area contributed by atoms with Gasteiger partial charge in [-0.3, -0.25) is 19.8 Å². The molecule has 0 atom stereocenters. The van der Waals surface area contributed by atoms with Crippen LogP contribution in [0, 0.1) is 10.1 Å². The first-order valence-electron chi connectivity index (χ1n) is 9.51. The van der Waals surface area contributed by atoms with Crippen LogP contribution in [0.15, 0.2) is 71.6 Å². The highest BCUT2D eigenvalue weighted by molar-refractivity contribution is 8.27. The summed E-state index contributed by atoms with van der Waals surface area (Å²) in [6.45, 7) is 0.295. The number of carbonyl (C=O) groups excluding carboxylic acids is 1. The minimum atomic E-state index is -0.495. The number of nitrogens with zero attached hydrogens (tertiary/aromatic N) is 2. The molecule has 3 aromatic rings. The van der Waals surface area contributed by atoms with Gasteiger partial charge in [0.25, 0.3) is 11.6 Å². The predicted molar refractivity (Wildman–Crippen MR) is 136 cm³/mol. The van der Waals surface area contributed by atoms with Crippen LogP contribution in [0.3, 0.4) is 0 Å². The van der Waals surface area contributed by atoms with E-state index in [4.69, 9.17) is 40.2 Å². The third-order valence-electron chi connectivity index (χ3n) is 4.70. The summed E-state index contributed by atoms with van der Waals surface area (Å²) >= 11 is 18.6. The number of hydrogen-bond acceptors (Lipinski definition) is 6. The van der Waals surface area contributed by atoms with Crippen molar-refractivity contribution in [1.29, 1.82) is 0 Å². The molecule has 1 heterocycles. The number of amides is 1. The van der Waals surface area contributed by atoms with E-state index >= 15 is 0 Å². The number of halogens is 2. The van der Waals surface area contributed by atoms with Gasteiger partial charge < -0.3 is 4.74 Å². The Hall–Kier alpha value is -2.91. The number of anilines is 1. The van der Waals surface area contributed by atoms with Gasteiger partial charge in [0.2, 0.25) is 0 Å². The fraction of sp³-hybridized carbons (Fsp3) is 0.0435. The minimum absolute atomic E-state index is 0.0552. The van der Waals surface area contributed by atoms with E-state index in [2.05, 4.69) is 0 Å². The maximum Gasteiger partial charge on any atom is 0.270 e. The normalized spacial score (nSPS) is 14.7. The van der Waals surface area contributed by atoms with Crippen molar-refractivity contribution in [3.63, 3.8) is 0 Å². The quantitative estimate of drug-likeness (QED) is 0.154. The number of non-ortho nitro benzene ring substituents is 1. The van der Waals surface area contributed by atoms with Gasteiger partial charge in [0.05, 0.1) is 15.5 Å². The zero-order chi connectivity index (χ0) is 23.5. The molecule has 0 radical (unpaired) electrons. The molecular weight excluding hydrogens is 503 g/mol. The van der Waals surface area contributed by atoms with Gasteiger partial charge in [0.15, 0.2) is 4.32 Å². The molecule has 6 nitrogen and oxygen atoms in total. The summed E-state index contributed by atoms with van der Waals surface area (Å²) in [4.78, 5) is 25.1. The molecule has 10 heteroatoms. The number of nitro benzene ring substituents is 1. The van der Waals surface area contributed by atoms with E-state index in [0.29, 0.717) is 37.3 Å². The SMILES string of the molecule is O=C1/C(=C/c2ccc(OCc3ccc(Cl)cc3Cl)cc2)SC(=S)N1c1ccc([N+](=O)[O-])cc1. The van der Waals surface area contributed by atoms with Gasteiger partial charge in [0.1, 0.15) is 12.4 Å². The largest absolute Gasteiger partial charge is 0.489 e. The van der Waals surface area contributed by atoms with Crippen LogP contribution in [0.4, 0.5) is 11.4 Å². The van der Waals surface area contributed by atoms with E-state index in [1.807, 2.05) is 18.2 Å². The molecule has 33 heavy (non-hydrogen) atoms. The molecule has 166 valence electrons. The summed E-state index contributed by atoms with van der Waals surface area (Å²) in [5.74, 6) is 0.369. The topological polar surface area (TPSA) is 72.7 Å². The Bertz CT molecular complexity index is 1280. The molecule has 0 aromatic heterocycles. The molecule has 1 fully saturated rings. The Kier molecular flexibility index (Phi) is 6.99. The highest BCUT2D eigenvalue weighted by atomic mass is 35.5. The minimum Gasteiger partial charge on any atom is -0.489 e. The number of benzene rings is 3. The first kappa shape index (κ1) is 23.3. The van der Waals surface area contributed by atoms with Crippen molar-refractivity contribution in [3.05, 3.63) is 103 Å². The van der Waals surface area contributed by atoms with E-state index in [1.165, 1.54) is 40.9 Å². The first-order valence-corrected chi connectivity index (χ1v) is 11.5. The van der Waals surface area contributed by atoms with E-state index in [9.17, 15) is 14.9 Å². The molecule has 0 unspecified atom stereocenters. The highest BCUT2D eigenvalue weighted by Crippen LogP contribution is 2.36. The van der Waals surface area contributed by atoms with Gasteiger partial charge in [-0.2, -0.15) is 0 Å². The van der Waals surface area contributed by atoms with Crippen molar-refractivity contribution in [2.75, 3.05) is 4.90 Å². The number of carbonyl (C=O) groups is 1. The fourth-order valence-corrected chi connectivity index (χ4v) is 4.79. The van der Waals surface area contributed by atoms with Crippen LogP contribution in [-0.2, 0) is 11.4 Å². The van der Waals surface area contributed by atoms with Crippen LogP contribution in [0.25, 0.3) is 6.08 Å². The van der Waals surface area contributed by atoms with Crippen LogP contribution in [0.1, 0.15) is 11.1 Å². The number of rotatable bonds is 6. The predicted octanol–water partition coefficient (Wildman–Crippen LogP) is 6.89. The zero-order valence-corrected chi connectivity index (χ0v) is 19.9. The smallest absolute Gasteiger partial charge is 0.270 e. The lowest BCUT2D eigenvalue weighted by molar-refractivity contribution is -0.384. The van der Waals surface area contributed by atoms with Crippen LogP contribution in [-0.4, -0.2) is 15.2 Å². The van der Waals surface area contributed by atoms with Crippen LogP contribution < -0.4 is 9.64 Å². The second kappa shape index (κ2) is 9.93. The third-order valence-corrected chi connectivity index (χ3v) is 6.59. The average Bonchev–Trinajstić information content (AvgIpc) is 3.07. The number of thioether (sulfide) groups is 1. The summed E-state index contributed by atoms with van der Waals surface area (Å²) in [7, 11) is 0. The van der Waals surface area contributed by atoms with Crippen LogP contribution in [0.2, 0.25) is 10.0 Å². The van der Waals surface area contributed by atoms with Crippen molar-refractivity contribution in [1.82, 2.24) is 0 Å². The van der Waals surface area contributed by atoms with Gasteiger partial charge in [-0.15, -0.1) is 0 Å². The molecule has 0 aliphatic carbocycles. The Morgan fingerprint density at radius 3 is 2.39 bits per heavy atom. The second-order valence-electron chi connectivity index (χ2n) is 6.88. The van der Waals surface area contributed by atoms with Crippen LogP contribution >= 0.6 is 47.2 Å². The lowest BCUT2D eigenvalue weighted by Gasteiger charge is -2.13. The molecule has 1 saturated heterocycles. The number of hydrogen-bond donors (Lipinski definition) is 0. The molecule has 1 aliphatic rings. The maximum absolute atomic E-state index is 12.9. The molecule has 3 aromatic carbocycles. The standard InChI is InChI=1S/C23H14Cl2N2O4S2/c24-16-4-3-15(20(25)12-16)13-31-19-9-1-14(2-10-19)11-21-22(28)26(23(32)33-21)17-5-7-18(8-6-17)27(29)30/h1-12H,13H2/b21-11-. The molecule has 4 rings (SSSR count). The van der Waals surface area contributed by atoms with Crippen molar-refractivity contribution in [2.45, 2.75) is 6.61 Å². The maximum atomic E-state index is 12.9. The highest BCUT2D eigenvalue weighted by Gasteiger charge is 2.33. The van der Waals surface area contributed by atoms with Gasteiger partial charge in [-0.05, 0) is 48.0 Å². The summed E-state index contributed by atoms with van der Waals surface area (Å²) in [6.07, 6.45) is 1.74. The molecule has 0 bridgehead atoms. The summed E-state index contributed by atoms with van der Waals surface area (Å²) in [5, 5.41) is 11.9. The molecule has 0 saturated carbocycles. The first-order chi connectivity index (χ1) is 15.8. The number of ether oxygens (including phenoxy) is 1. The van der Waals surface area contributed by atoms with E-state index in [0.717, 1.165) is 11.1 Å². The summed E-state index contributed by atoms with van der Waals surface area (Å²) < 4.78 is 6.14. The van der Waals surface area contributed by atoms with Crippen molar-refractivity contribution >= 4 is 74.9 Å². The molecule has 1 amide bonds. The van der Waals surface area contributed by atoms with Gasteiger partial charge in [0, 0.05) is 27.7 Å². The van der Waals surface area contributed by atoms with Gasteiger partial charge in [-0.1, -0.05) is 65.4 Å². The monoisotopic (exact) mass is 516 g/mol. The summed E-state index contributed by atoms with van der Waals surface area (Å²) in [5.41, 5.74) is 2.05. The Balaban J connectivity index is 1.44. The number of thiocarbonyl (C=S) groups is 1. The third kappa shape index (κ3) is 5.36. The number of nitro groups is 1. The lowest BCUT2D eigenvalue weighted by atomic mass is 10.2. The Labute approximate surface area is 208 Å². The lowest BCUT2D eigenvalue weighted by Crippen LogP contribution is -2.27. The molecular formula is C23H14Cl2N2O4S2. The molecule has 0 spiro atoms. The Morgan fingerprint density at radius 1 is 1.06 bits per heavy atom. The van der Waals surface area contributed by atoms with Crippen molar-refractivity contribution in [2.24, 2.45) is 0 Å². The fourth-order valence-electron chi connectivity index (χ4n) is 3.03. The van der Waals surface area contributed by atoms with E-state index in [1.54, 1.807) is 30.3 Å². The zero-order valence-electron chi connectivity index (χ0n) is 16.7. The molecule has 1 aliphatic heterocycles. The Morgan fingerprint density at radius 2 is 1.76 bits per heavy atom. The van der Waals surface area contributed by atoms with E-state index < -0.39 is 4.92 Å². The second-order valence-corrected chi connectivity index (χ2v) is 9.40. The van der Waals surface area contributed by atoms with Crippen molar-refractivity contribution < 1.29 is 14.5 Å². The van der Waals surface area contributed by atoms with Gasteiger partial charge in [-0.25, -0.2) is 0 Å². The van der Waals surface area contributed by atoms with Gasteiger partial charge >= 0.3 is 0 Å². The van der Waals surface area contributed by atoms with Crippen LogP contribution in [0.5, 0.6) is 5.75 Å². The average molecular weight is 517 g/mol. The summed E-state index contributed by atoms with van der Waals surface area (Å²) in [6, 6.07) is 18.2.